The molecule has 0 heterocycles. The molecule has 0 saturated heterocycles. The van der Waals surface area contributed by atoms with E-state index in [2.05, 4.69) is 32.9 Å². The first-order valence-corrected chi connectivity index (χ1v) is 8.80. The zero-order chi connectivity index (χ0) is 15.5. The van der Waals surface area contributed by atoms with Crippen LogP contribution in [0.4, 0.5) is 0 Å². The summed E-state index contributed by atoms with van der Waals surface area (Å²) in [5.41, 5.74) is 2.20. The molecule has 0 radical (unpaired) electrons. The Hall–Kier alpha value is -1.11. The Morgan fingerprint density at radius 2 is 1.71 bits per heavy atom. The van der Waals surface area contributed by atoms with Crippen molar-refractivity contribution in [2.45, 2.75) is 78.6 Å². The smallest absolute Gasteiger partial charge is 0.163 e. The lowest BCUT2D eigenvalue weighted by Gasteiger charge is -2.12. The topological polar surface area (TPSA) is 17.1 Å². The van der Waals surface area contributed by atoms with E-state index in [1.807, 2.05) is 12.1 Å². The largest absolute Gasteiger partial charge is 0.294 e. The normalized spacial score (nSPS) is 12.3. The summed E-state index contributed by atoms with van der Waals surface area (Å²) >= 11 is 0. The summed E-state index contributed by atoms with van der Waals surface area (Å²) in [7, 11) is 0. The van der Waals surface area contributed by atoms with E-state index < -0.39 is 0 Å². The summed E-state index contributed by atoms with van der Waals surface area (Å²) in [6.07, 6.45) is 10.5. The molecule has 1 unspecified atom stereocenters. The Bertz CT molecular complexity index is 408. The van der Waals surface area contributed by atoms with Gasteiger partial charge in [0.05, 0.1) is 0 Å². The Kier molecular flexibility index (Phi) is 9.05. The van der Waals surface area contributed by atoms with Crippen LogP contribution in [0.15, 0.2) is 24.3 Å². The van der Waals surface area contributed by atoms with E-state index in [9.17, 15) is 4.79 Å². The third-order valence-electron chi connectivity index (χ3n) is 4.24. The number of benzene rings is 1. The highest BCUT2D eigenvalue weighted by Gasteiger charge is 2.10. The van der Waals surface area contributed by atoms with Crippen LogP contribution in [0.2, 0.25) is 0 Å². The fourth-order valence-corrected chi connectivity index (χ4v) is 2.90. The lowest BCUT2D eigenvalue weighted by molar-refractivity contribution is 0.0981. The van der Waals surface area contributed by atoms with Crippen molar-refractivity contribution in [3.63, 3.8) is 0 Å². The van der Waals surface area contributed by atoms with Crippen molar-refractivity contribution in [3.05, 3.63) is 35.4 Å². The van der Waals surface area contributed by atoms with E-state index >= 15 is 0 Å². The number of hydrogen-bond donors (Lipinski definition) is 0. The molecular weight excluding hydrogens is 256 g/mol. The summed E-state index contributed by atoms with van der Waals surface area (Å²) < 4.78 is 0. The van der Waals surface area contributed by atoms with Crippen LogP contribution < -0.4 is 0 Å². The predicted octanol–water partition coefficient (Wildman–Crippen LogP) is 6.21. The molecule has 1 atom stereocenters. The molecule has 1 rings (SSSR count). The Labute approximate surface area is 131 Å². The Morgan fingerprint density at radius 1 is 1.00 bits per heavy atom. The van der Waals surface area contributed by atoms with Crippen molar-refractivity contribution >= 4 is 5.78 Å². The van der Waals surface area contributed by atoms with Crippen molar-refractivity contribution < 1.29 is 4.79 Å². The monoisotopic (exact) mass is 288 g/mol. The summed E-state index contributed by atoms with van der Waals surface area (Å²) in [6, 6.07) is 8.17. The van der Waals surface area contributed by atoms with Gasteiger partial charge in [0.1, 0.15) is 0 Å². The lowest BCUT2D eigenvalue weighted by Crippen LogP contribution is -2.04. The highest BCUT2D eigenvalue weighted by atomic mass is 16.1. The van der Waals surface area contributed by atoms with Crippen LogP contribution in [0.5, 0.6) is 0 Å². The minimum Gasteiger partial charge on any atom is -0.294 e. The molecule has 0 aliphatic rings. The Balaban J connectivity index is 2.43. The zero-order valence-electron chi connectivity index (χ0n) is 14.2. The van der Waals surface area contributed by atoms with Crippen LogP contribution in [0.1, 0.15) is 88.1 Å². The van der Waals surface area contributed by atoms with Crippen molar-refractivity contribution in [3.8, 4) is 0 Å². The second kappa shape index (κ2) is 10.6. The quantitative estimate of drug-likeness (QED) is 0.349. The first kappa shape index (κ1) is 17.9. The van der Waals surface area contributed by atoms with E-state index in [0.29, 0.717) is 12.2 Å². The van der Waals surface area contributed by atoms with Gasteiger partial charge in [0.25, 0.3) is 0 Å². The van der Waals surface area contributed by atoms with E-state index in [0.717, 1.165) is 24.3 Å². The Morgan fingerprint density at radius 3 is 2.43 bits per heavy atom. The number of unbranched alkanes of at least 4 members (excludes halogenated alkanes) is 2. The molecule has 1 nitrogen and oxygen atoms in total. The molecule has 1 aromatic rings. The van der Waals surface area contributed by atoms with E-state index in [4.69, 9.17) is 0 Å². The molecule has 0 aliphatic heterocycles. The number of carbonyl (C=O) groups is 1. The van der Waals surface area contributed by atoms with E-state index in [1.165, 1.54) is 44.1 Å². The minimum atomic E-state index is 0.309. The standard InChI is InChI=1S/C20H32O/c1-4-6-7-12-17(3)13-10-15-18-14-8-9-16-19(18)20(21)11-5-2/h8-9,14,16-17H,4-7,10-13,15H2,1-3H3. The van der Waals surface area contributed by atoms with Gasteiger partial charge in [-0.15, -0.1) is 0 Å². The molecular formula is C20H32O. The van der Waals surface area contributed by atoms with Crippen molar-refractivity contribution in [1.29, 1.82) is 0 Å². The predicted molar refractivity (Wildman–Crippen MR) is 91.9 cm³/mol. The SMILES string of the molecule is CCCCCC(C)CCCc1ccccc1C(=O)CCC. The molecule has 0 aliphatic carbocycles. The minimum absolute atomic E-state index is 0.309. The molecule has 0 aromatic heterocycles. The third kappa shape index (κ3) is 6.93. The van der Waals surface area contributed by atoms with Gasteiger partial charge in [-0.1, -0.05) is 77.1 Å². The third-order valence-corrected chi connectivity index (χ3v) is 4.24. The van der Waals surface area contributed by atoms with Gasteiger partial charge < -0.3 is 0 Å². The lowest BCUT2D eigenvalue weighted by atomic mass is 9.93. The highest BCUT2D eigenvalue weighted by molar-refractivity contribution is 5.97. The van der Waals surface area contributed by atoms with Crippen molar-refractivity contribution in [1.82, 2.24) is 0 Å². The number of aryl methyl sites for hydroxylation is 1. The van der Waals surface area contributed by atoms with Crippen LogP contribution in [0.25, 0.3) is 0 Å². The average Bonchev–Trinajstić information content (AvgIpc) is 2.48. The van der Waals surface area contributed by atoms with Crippen LogP contribution >= 0.6 is 0 Å². The van der Waals surface area contributed by atoms with Crippen LogP contribution in [-0.4, -0.2) is 5.78 Å². The molecule has 0 bridgehead atoms. The summed E-state index contributed by atoms with van der Waals surface area (Å²) in [5.74, 6) is 1.12. The number of Topliss-reactive ketones (excluding diaryl/α,β-unsaturated/α-hetero) is 1. The average molecular weight is 288 g/mol. The number of hydrogen-bond acceptors (Lipinski definition) is 1. The molecule has 1 heteroatoms. The van der Waals surface area contributed by atoms with Gasteiger partial charge >= 0.3 is 0 Å². The van der Waals surface area contributed by atoms with Gasteiger partial charge in [0.2, 0.25) is 0 Å². The highest BCUT2D eigenvalue weighted by Crippen LogP contribution is 2.19. The molecule has 0 fully saturated rings. The van der Waals surface area contributed by atoms with Crippen molar-refractivity contribution in [2.24, 2.45) is 5.92 Å². The first-order valence-electron chi connectivity index (χ1n) is 8.80. The van der Waals surface area contributed by atoms with E-state index in [-0.39, 0.29) is 0 Å². The maximum absolute atomic E-state index is 12.1. The van der Waals surface area contributed by atoms with Gasteiger partial charge in [0, 0.05) is 12.0 Å². The number of carbonyl (C=O) groups excluding carboxylic acids is 1. The molecule has 0 saturated carbocycles. The molecule has 0 spiro atoms. The zero-order valence-corrected chi connectivity index (χ0v) is 14.2. The fraction of sp³-hybridized carbons (Fsp3) is 0.650. The number of ketones is 1. The van der Waals surface area contributed by atoms with Gasteiger partial charge in [0.15, 0.2) is 5.78 Å². The van der Waals surface area contributed by atoms with Crippen molar-refractivity contribution in [2.75, 3.05) is 0 Å². The van der Waals surface area contributed by atoms with Gasteiger partial charge in [-0.2, -0.15) is 0 Å². The molecule has 0 amide bonds. The van der Waals surface area contributed by atoms with Crippen LogP contribution in [-0.2, 0) is 6.42 Å². The van der Waals surface area contributed by atoms with Gasteiger partial charge in [-0.05, 0) is 30.7 Å². The second-order valence-electron chi connectivity index (χ2n) is 6.32. The molecule has 118 valence electrons. The summed E-state index contributed by atoms with van der Waals surface area (Å²) in [4.78, 5) is 12.1. The summed E-state index contributed by atoms with van der Waals surface area (Å²) in [5, 5.41) is 0. The van der Waals surface area contributed by atoms with Crippen LogP contribution in [0.3, 0.4) is 0 Å². The second-order valence-corrected chi connectivity index (χ2v) is 6.32. The van der Waals surface area contributed by atoms with Gasteiger partial charge in [-0.25, -0.2) is 0 Å². The maximum atomic E-state index is 12.1. The van der Waals surface area contributed by atoms with Crippen LogP contribution in [0, 0.1) is 5.92 Å². The molecule has 1 aromatic carbocycles. The fourth-order valence-electron chi connectivity index (χ4n) is 2.90. The maximum Gasteiger partial charge on any atom is 0.163 e. The summed E-state index contributed by atoms with van der Waals surface area (Å²) in [6.45, 7) is 6.69. The number of rotatable bonds is 11. The van der Waals surface area contributed by atoms with E-state index in [1.54, 1.807) is 0 Å². The molecule has 21 heavy (non-hydrogen) atoms. The van der Waals surface area contributed by atoms with Gasteiger partial charge in [-0.3, -0.25) is 4.79 Å². The molecule has 0 N–H and O–H groups in total. The first-order chi connectivity index (χ1) is 10.2.